The summed E-state index contributed by atoms with van der Waals surface area (Å²) in [4.78, 5) is 11.7. The van der Waals surface area contributed by atoms with Gasteiger partial charge in [0.2, 0.25) is 5.43 Å². The topological polar surface area (TPSA) is 43.3 Å². The second-order valence-corrected chi connectivity index (χ2v) is 4.66. The Labute approximate surface area is 102 Å². The fourth-order valence-corrected chi connectivity index (χ4v) is 2.13. The summed E-state index contributed by atoms with van der Waals surface area (Å²) in [7, 11) is 1.92. The van der Waals surface area contributed by atoms with Crippen molar-refractivity contribution < 1.29 is 4.74 Å². The summed E-state index contributed by atoms with van der Waals surface area (Å²) in [5, 5.41) is 3.41. The smallest absolute Gasteiger partial charge is 0.223 e. The van der Waals surface area contributed by atoms with Crippen LogP contribution in [0.1, 0.15) is 25.0 Å². The van der Waals surface area contributed by atoms with Crippen LogP contribution in [0.2, 0.25) is 0 Å². The van der Waals surface area contributed by atoms with E-state index in [2.05, 4.69) is 5.32 Å². The van der Waals surface area contributed by atoms with Crippen molar-refractivity contribution >= 4 is 0 Å². The molecule has 0 radical (unpaired) electrons. The van der Waals surface area contributed by atoms with Crippen LogP contribution in [-0.4, -0.2) is 23.8 Å². The average molecular weight is 236 g/mol. The van der Waals surface area contributed by atoms with Gasteiger partial charge in [-0.25, -0.2) is 0 Å². The molecular formula is C13H20N2O2. The zero-order chi connectivity index (χ0) is 12.3. The molecular weight excluding hydrogens is 216 g/mol. The lowest BCUT2D eigenvalue weighted by molar-refractivity contribution is 0.234. The molecule has 4 nitrogen and oxygen atoms in total. The van der Waals surface area contributed by atoms with E-state index in [0.717, 1.165) is 18.7 Å². The van der Waals surface area contributed by atoms with E-state index in [-0.39, 0.29) is 5.43 Å². The minimum atomic E-state index is -0.0311. The number of piperidine rings is 1. The molecule has 4 heteroatoms. The first-order valence-electron chi connectivity index (χ1n) is 6.21. The summed E-state index contributed by atoms with van der Waals surface area (Å²) >= 11 is 0. The monoisotopic (exact) mass is 236 g/mol. The first kappa shape index (κ1) is 12.2. The van der Waals surface area contributed by atoms with Gasteiger partial charge < -0.3 is 14.6 Å². The third-order valence-corrected chi connectivity index (χ3v) is 3.37. The number of nitrogens with zero attached hydrogens (tertiary/aromatic N) is 1. The molecule has 1 N–H and O–H groups in total. The molecule has 1 unspecified atom stereocenters. The largest absolute Gasteiger partial charge is 0.486 e. The summed E-state index contributed by atoms with van der Waals surface area (Å²) in [6, 6.07) is 1.93. The Bertz CT molecular complexity index is 434. The van der Waals surface area contributed by atoms with Gasteiger partial charge in [-0.1, -0.05) is 6.42 Å². The highest BCUT2D eigenvalue weighted by Crippen LogP contribution is 2.13. The van der Waals surface area contributed by atoms with Crippen molar-refractivity contribution in [2.75, 3.05) is 13.2 Å². The summed E-state index contributed by atoms with van der Waals surface area (Å²) in [5.74, 6) is 0.488. The number of rotatable bonds is 3. The molecule has 0 amide bonds. The standard InChI is InChI=1S/C13H20N2O2/c1-10-13(12(16)6-8-15(10)2)17-9-11-5-3-4-7-14-11/h6,8,11,14H,3-5,7,9H2,1-2H3. The van der Waals surface area contributed by atoms with E-state index in [1.54, 1.807) is 12.3 Å². The Balaban J connectivity index is 2.03. The Kier molecular flexibility index (Phi) is 3.84. The number of aromatic nitrogens is 1. The summed E-state index contributed by atoms with van der Waals surface area (Å²) < 4.78 is 7.60. The molecule has 17 heavy (non-hydrogen) atoms. The van der Waals surface area contributed by atoms with E-state index < -0.39 is 0 Å². The number of ether oxygens (including phenoxy) is 1. The number of hydrogen-bond acceptors (Lipinski definition) is 3. The highest BCUT2D eigenvalue weighted by atomic mass is 16.5. The molecule has 0 aliphatic carbocycles. The molecule has 1 fully saturated rings. The van der Waals surface area contributed by atoms with Crippen molar-refractivity contribution in [3.63, 3.8) is 0 Å². The summed E-state index contributed by atoms with van der Waals surface area (Å²) in [6.45, 7) is 3.55. The molecule has 1 atom stereocenters. The number of pyridine rings is 1. The van der Waals surface area contributed by atoms with Crippen LogP contribution in [0.25, 0.3) is 0 Å². The van der Waals surface area contributed by atoms with Crippen LogP contribution in [0.3, 0.4) is 0 Å². The average Bonchev–Trinajstić information content (AvgIpc) is 2.35. The third kappa shape index (κ3) is 2.88. The fourth-order valence-electron chi connectivity index (χ4n) is 2.13. The summed E-state index contributed by atoms with van der Waals surface area (Å²) in [5.41, 5.74) is 0.852. The SMILES string of the molecule is Cc1c(OCC2CCCCN2)c(=O)ccn1C. The molecule has 0 bridgehead atoms. The lowest BCUT2D eigenvalue weighted by atomic mass is 10.1. The highest BCUT2D eigenvalue weighted by molar-refractivity contribution is 5.26. The minimum absolute atomic E-state index is 0.0311. The maximum absolute atomic E-state index is 11.7. The van der Waals surface area contributed by atoms with Crippen molar-refractivity contribution in [3.05, 3.63) is 28.2 Å². The van der Waals surface area contributed by atoms with E-state index in [1.807, 2.05) is 18.5 Å². The molecule has 1 aliphatic heterocycles. The maximum atomic E-state index is 11.7. The van der Waals surface area contributed by atoms with Crippen LogP contribution >= 0.6 is 0 Å². The van der Waals surface area contributed by atoms with E-state index in [9.17, 15) is 4.79 Å². The molecule has 1 aromatic rings. The van der Waals surface area contributed by atoms with Gasteiger partial charge in [0.15, 0.2) is 5.75 Å². The quantitative estimate of drug-likeness (QED) is 0.858. The van der Waals surface area contributed by atoms with Gasteiger partial charge in [-0.2, -0.15) is 0 Å². The molecule has 1 aromatic heterocycles. The van der Waals surface area contributed by atoms with Crippen LogP contribution in [-0.2, 0) is 7.05 Å². The number of aryl methyl sites for hydroxylation is 1. The van der Waals surface area contributed by atoms with Gasteiger partial charge in [-0.05, 0) is 26.3 Å². The van der Waals surface area contributed by atoms with Gasteiger partial charge in [0, 0.05) is 25.4 Å². The van der Waals surface area contributed by atoms with E-state index >= 15 is 0 Å². The zero-order valence-electron chi connectivity index (χ0n) is 10.5. The molecule has 2 rings (SSSR count). The molecule has 0 aromatic carbocycles. The second kappa shape index (κ2) is 5.36. The van der Waals surface area contributed by atoms with Crippen molar-refractivity contribution in [2.45, 2.75) is 32.2 Å². The lowest BCUT2D eigenvalue weighted by Gasteiger charge is -2.23. The predicted octanol–water partition coefficient (Wildman–Crippen LogP) is 1.21. The van der Waals surface area contributed by atoms with Crippen molar-refractivity contribution in [2.24, 2.45) is 7.05 Å². The molecule has 94 valence electrons. The van der Waals surface area contributed by atoms with Gasteiger partial charge in [0.1, 0.15) is 6.61 Å². The Morgan fingerprint density at radius 1 is 1.53 bits per heavy atom. The molecule has 0 spiro atoms. The van der Waals surface area contributed by atoms with Gasteiger partial charge in [0.05, 0.1) is 5.69 Å². The van der Waals surface area contributed by atoms with Gasteiger partial charge in [0.25, 0.3) is 0 Å². The Hall–Kier alpha value is -1.29. The van der Waals surface area contributed by atoms with Gasteiger partial charge >= 0.3 is 0 Å². The normalized spacial score (nSPS) is 20.2. The van der Waals surface area contributed by atoms with Gasteiger partial charge in [-0.3, -0.25) is 4.79 Å². The van der Waals surface area contributed by atoms with Crippen LogP contribution in [0.4, 0.5) is 0 Å². The van der Waals surface area contributed by atoms with Crippen molar-refractivity contribution in [1.29, 1.82) is 0 Å². The highest BCUT2D eigenvalue weighted by Gasteiger charge is 2.14. The van der Waals surface area contributed by atoms with Crippen LogP contribution in [0, 0.1) is 6.92 Å². The van der Waals surface area contributed by atoms with E-state index in [0.29, 0.717) is 18.4 Å². The lowest BCUT2D eigenvalue weighted by Crippen LogP contribution is -2.39. The van der Waals surface area contributed by atoms with Crippen molar-refractivity contribution in [1.82, 2.24) is 9.88 Å². The third-order valence-electron chi connectivity index (χ3n) is 3.37. The van der Waals surface area contributed by atoms with E-state index in [4.69, 9.17) is 4.74 Å². The van der Waals surface area contributed by atoms with E-state index in [1.165, 1.54) is 12.8 Å². The zero-order valence-corrected chi connectivity index (χ0v) is 10.5. The Morgan fingerprint density at radius 2 is 2.35 bits per heavy atom. The van der Waals surface area contributed by atoms with Crippen molar-refractivity contribution in [3.8, 4) is 5.75 Å². The van der Waals surface area contributed by atoms with Crippen LogP contribution < -0.4 is 15.5 Å². The second-order valence-electron chi connectivity index (χ2n) is 4.66. The predicted molar refractivity (Wildman–Crippen MR) is 67.6 cm³/mol. The minimum Gasteiger partial charge on any atom is -0.486 e. The first-order valence-corrected chi connectivity index (χ1v) is 6.21. The molecule has 0 saturated carbocycles. The van der Waals surface area contributed by atoms with Crippen LogP contribution in [0.5, 0.6) is 5.75 Å². The van der Waals surface area contributed by atoms with Gasteiger partial charge in [-0.15, -0.1) is 0 Å². The molecule has 1 saturated heterocycles. The molecule has 1 aliphatic rings. The van der Waals surface area contributed by atoms with Crippen LogP contribution in [0.15, 0.2) is 17.1 Å². The number of hydrogen-bond donors (Lipinski definition) is 1. The maximum Gasteiger partial charge on any atom is 0.223 e. The molecule has 2 heterocycles. The number of nitrogens with one attached hydrogen (secondary N) is 1. The fraction of sp³-hybridized carbons (Fsp3) is 0.615. The first-order chi connectivity index (χ1) is 8.18. The Morgan fingerprint density at radius 3 is 3.06 bits per heavy atom. The summed E-state index contributed by atoms with van der Waals surface area (Å²) in [6.07, 6.45) is 5.38.